The van der Waals surface area contributed by atoms with E-state index < -0.39 is 0 Å². The Kier molecular flexibility index (Phi) is 5.98. The second-order valence-electron chi connectivity index (χ2n) is 8.71. The Morgan fingerprint density at radius 3 is 2.46 bits per heavy atom. The molecule has 0 radical (unpaired) electrons. The summed E-state index contributed by atoms with van der Waals surface area (Å²) in [6, 6.07) is 7.16. The highest BCUT2D eigenvalue weighted by Gasteiger charge is 2.37. The van der Waals surface area contributed by atoms with Gasteiger partial charge in [0.2, 0.25) is 17.7 Å². The summed E-state index contributed by atoms with van der Waals surface area (Å²) in [6.07, 6.45) is 1.69. The third-order valence-corrected chi connectivity index (χ3v) is 5.62. The summed E-state index contributed by atoms with van der Waals surface area (Å²) < 4.78 is 0. The maximum atomic E-state index is 12.7. The number of anilines is 1. The summed E-state index contributed by atoms with van der Waals surface area (Å²) >= 11 is 6.02. The average Bonchev–Trinajstić information content (AvgIpc) is 3.03. The first-order valence-electron chi connectivity index (χ1n) is 9.81. The highest BCUT2D eigenvalue weighted by Crippen LogP contribution is 2.28. The number of benzene rings is 1. The number of likely N-dealkylation sites (tertiary alicyclic amines) is 1. The molecule has 7 heteroatoms. The van der Waals surface area contributed by atoms with Crippen molar-refractivity contribution < 1.29 is 14.4 Å². The Morgan fingerprint density at radius 1 is 1.18 bits per heavy atom. The van der Waals surface area contributed by atoms with Crippen LogP contribution in [0, 0.1) is 11.3 Å². The van der Waals surface area contributed by atoms with Crippen molar-refractivity contribution in [2.75, 3.05) is 24.5 Å². The first kappa shape index (κ1) is 20.6. The normalized spacial score (nSPS) is 21.1. The lowest BCUT2D eigenvalue weighted by Crippen LogP contribution is -2.50. The molecule has 6 nitrogen and oxygen atoms in total. The first-order chi connectivity index (χ1) is 13.1. The van der Waals surface area contributed by atoms with Crippen LogP contribution < -0.4 is 10.2 Å². The zero-order chi connectivity index (χ0) is 20.5. The van der Waals surface area contributed by atoms with Crippen LogP contribution >= 0.6 is 11.6 Å². The number of hydrogen-bond acceptors (Lipinski definition) is 3. The quantitative estimate of drug-likeness (QED) is 0.840. The minimum absolute atomic E-state index is 0.0480. The number of rotatable bonds is 3. The van der Waals surface area contributed by atoms with Gasteiger partial charge in [0, 0.05) is 48.2 Å². The molecule has 152 valence electrons. The number of nitrogens with zero attached hydrogens (tertiary/aromatic N) is 2. The van der Waals surface area contributed by atoms with Crippen molar-refractivity contribution in [2.24, 2.45) is 11.3 Å². The Labute approximate surface area is 171 Å². The van der Waals surface area contributed by atoms with Gasteiger partial charge in [-0.15, -0.1) is 0 Å². The molecule has 1 aromatic rings. The number of hydrogen-bond donors (Lipinski definition) is 1. The summed E-state index contributed by atoms with van der Waals surface area (Å²) in [4.78, 5) is 40.9. The molecule has 0 spiro atoms. The van der Waals surface area contributed by atoms with Crippen molar-refractivity contribution >= 4 is 35.0 Å². The molecule has 1 aromatic carbocycles. The van der Waals surface area contributed by atoms with Gasteiger partial charge in [-0.2, -0.15) is 0 Å². The fourth-order valence-corrected chi connectivity index (χ4v) is 3.98. The molecule has 2 aliphatic heterocycles. The van der Waals surface area contributed by atoms with Crippen LogP contribution in [0.4, 0.5) is 5.69 Å². The van der Waals surface area contributed by atoms with E-state index in [-0.39, 0.29) is 41.5 Å². The van der Waals surface area contributed by atoms with Crippen molar-refractivity contribution in [3.8, 4) is 0 Å². The largest absolute Gasteiger partial charge is 0.353 e. The third-order valence-electron chi connectivity index (χ3n) is 5.39. The van der Waals surface area contributed by atoms with Gasteiger partial charge in [0.25, 0.3) is 0 Å². The maximum absolute atomic E-state index is 12.7. The summed E-state index contributed by atoms with van der Waals surface area (Å²) in [5.74, 6) is -0.358. The number of piperidine rings is 1. The predicted molar refractivity (Wildman–Crippen MR) is 109 cm³/mol. The molecule has 0 saturated carbocycles. The van der Waals surface area contributed by atoms with E-state index in [2.05, 4.69) is 5.32 Å². The minimum atomic E-state index is -0.385. The van der Waals surface area contributed by atoms with Crippen LogP contribution in [-0.2, 0) is 14.4 Å². The van der Waals surface area contributed by atoms with Gasteiger partial charge >= 0.3 is 0 Å². The third kappa shape index (κ3) is 4.66. The van der Waals surface area contributed by atoms with E-state index in [1.54, 1.807) is 23.1 Å². The van der Waals surface area contributed by atoms with Crippen LogP contribution in [0.3, 0.4) is 0 Å². The highest BCUT2D eigenvalue weighted by atomic mass is 35.5. The van der Waals surface area contributed by atoms with Crippen molar-refractivity contribution in [3.63, 3.8) is 0 Å². The summed E-state index contributed by atoms with van der Waals surface area (Å²) in [5, 5.41) is 3.65. The second kappa shape index (κ2) is 8.11. The molecule has 2 fully saturated rings. The molecular weight excluding hydrogens is 378 g/mol. The minimum Gasteiger partial charge on any atom is -0.353 e. The molecule has 2 heterocycles. The number of carbonyl (C=O) groups is 3. The van der Waals surface area contributed by atoms with Crippen LogP contribution in [0.2, 0.25) is 5.02 Å². The predicted octanol–water partition coefficient (Wildman–Crippen LogP) is 2.85. The van der Waals surface area contributed by atoms with E-state index in [4.69, 9.17) is 11.6 Å². The van der Waals surface area contributed by atoms with E-state index in [1.807, 2.05) is 31.7 Å². The lowest BCUT2D eigenvalue weighted by Gasteiger charge is -2.36. The van der Waals surface area contributed by atoms with Crippen LogP contribution in [0.25, 0.3) is 0 Å². The smallest absolute Gasteiger partial charge is 0.227 e. The lowest BCUT2D eigenvalue weighted by molar-refractivity contribution is -0.140. The number of nitrogens with one attached hydrogen (secondary N) is 1. The van der Waals surface area contributed by atoms with Crippen molar-refractivity contribution in [1.29, 1.82) is 0 Å². The van der Waals surface area contributed by atoms with Gasteiger partial charge in [0.15, 0.2) is 0 Å². The molecule has 3 amide bonds. The van der Waals surface area contributed by atoms with Gasteiger partial charge in [-0.1, -0.05) is 38.4 Å². The molecular formula is C21H28ClN3O3. The van der Waals surface area contributed by atoms with Crippen LogP contribution in [0.1, 0.15) is 40.0 Å². The van der Waals surface area contributed by atoms with Gasteiger partial charge in [-0.25, -0.2) is 0 Å². The van der Waals surface area contributed by atoms with E-state index in [0.717, 1.165) is 18.5 Å². The van der Waals surface area contributed by atoms with Crippen LogP contribution in [0.5, 0.6) is 0 Å². The molecule has 2 saturated heterocycles. The zero-order valence-electron chi connectivity index (χ0n) is 16.7. The van der Waals surface area contributed by atoms with Gasteiger partial charge in [-0.05, 0) is 31.0 Å². The van der Waals surface area contributed by atoms with Gasteiger partial charge in [-0.3, -0.25) is 14.4 Å². The summed E-state index contributed by atoms with van der Waals surface area (Å²) in [7, 11) is 0. The number of amides is 3. The Hall–Kier alpha value is -2.08. The van der Waals surface area contributed by atoms with Crippen molar-refractivity contribution in [2.45, 2.75) is 46.1 Å². The lowest BCUT2D eigenvalue weighted by atomic mass is 9.93. The van der Waals surface area contributed by atoms with E-state index in [1.165, 1.54) is 0 Å². The SMILES string of the molecule is CC(C)(C)C(=O)N1CCC(NC(=O)[C@H]2CC(=O)N(c3cccc(Cl)c3)C2)CC1. The van der Waals surface area contributed by atoms with Crippen LogP contribution in [0.15, 0.2) is 24.3 Å². The monoisotopic (exact) mass is 405 g/mol. The highest BCUT2D eigenvalue weighted by molar-refractivity contribution is 6.31. The molecule has 1 atom stereocenters. The molecule has 0 bridgehead atoms. The summed E-state index contributed by atoms with van der Waals surface area (Å²) in [6.45, 7) is 7.44. The molecule has 2 aliphatic rings. The standard InChI is InChI=1S/C21H28ClN3O3/c1-21(2,3)20(28)24-9-7-16(8-10-24)23-19(27)14-11-18(26)25(13-14)17-6-4-5-15(22)12-17/h4-6,12,14,16H,7-11,13H2,1-3H3,(H,23,27)/t14-/m0/s1. The number of carbonyl (C=O) groups excluding carboxylic acids is 3. The maximum Gasteiger partial charge on any atom is 0.227 e. The molecule has 0 aliphatic carbocycles. The number of halogens is 1. The van der Waals surface area contributed by atoms with E-state index in [9.17, 15) is 14.4 Å². The molecule has 3 rings (SSSR count). The zero-order valence-corrected chi connectivity index (χ0v) is 17.5. The van der Waals surface area contributed by atoms with E-state index >= 15 is 0 Å². The van der Waals surface area contributed by atoms with Crippen molar-refractivity contribution in [3.05, 3.63) is 29.3 Å². The Bertz CT molecular complexity index is 766. The molecule has 28 heavy (non-hydrogen) atoms. The van der Waals surface area contributed by atoms with Crippen LogP contribution in [-0.4, -0.2) is 48.3 Å². The fourth-order valence-electron chi connectivity index (χ4n) is 3.80. The molecule has 0 unspecified atom stereocenters. The second-order valence-corrected chi connectivity index (χ2v) is 9.15. The fraction of sp³-hybridized carbons (Fsp3) is 0.571. The average molecular weight is 406 g/mol. The van der Waals surface area contributed by atoms with Gasteiger partial charge in [0.05, 0.1) is 5.92 Å². The van der Waals surface area contributed by atoms with Gasteiger partial charge < -0.3 is 15.1 Å². The van der Waals surface area contributed by atoms with Gasteiger partial charge in [0.1, 0.15) is 0 Å². The molecule has 1 N–H and O–H groups in total. The Balaban J connectivity index is 1.52. The summed E-state index contributed by atoms with van der Waals surface area (Å²) in [5.41, 5.74) is 0.339. The van der Waals surface area contributed by atoms with E-state index in [0.29, 0.717) is 24.7 Å². The Morgan fingerprint density at radius 2 is 1.86 bits per heavy atom. The molecule has 0 aromatic heterocycles. The van der Waals surface area contributed by atoms with Crippen molar-refractivity contribution in [1.82, 2.24) is 10.2 Å². The first-order valence-corrected chi connectivity index (χ1v) is 10.2. The topological polar surface area (TPSA) is 69.7 Å².